The molecule has 0 amide bonds. The summed E-state index contributed by atoms with van der Waals surface area (Å²) in [5.41, 5.74) is 2.15. The third-order valence-corrected chi connectivity index (χ3v) is 1.34. The van der Waals surface area contributed by atoms with Crippen molar-refractivity contribution in [2.75, 3.05) is 6.16 Å². The van der Waals surface area contributed by atoms with E-state index in [-0.39, 0.29) is 0 Å². The molecule has 0 fully saturated rings. The van der Waals surface area contributed by atoms with Crippen LogP contribution >= 0.6 is 8.20 Å². The second kappa shape index (κ2) is 1.52. The summed E-state index contributed by atoms with van der Waals surface area (Å²) < 4.78 is 0. The molecule has 0 saturated carbocycles. The SMILES string of the molecule is B1=CCP=C1. The van der Waals surface area contributed by atoms with Crippen molar-refractivity contribution >= 4 is 26.8 Å². The summed E-state index contributed by atoms with van der Waals surface area (Å²) in [6.07, 6.45) is 1.24. The van der Waals surface area contributed by atoms with Crippen molar-refractivity contribution in [3.8, 4) is 0 Å². The number of rotatable bonds is 0. The van der Waals surface area contributed by atoms with Gasteiger partial charge in [0.25, 0.3) is 0 Å². The van der Waals surface area contributed by atoms with Gasteiger partial charge in [-0.05, 0) is 0 Å². The van der Waals surface area contributed by atoms with E-state index in [1.807, 2.05) is 0 Å². The fourth-order valence-electron chi connectivity index (χ4n) is 0.304. The van der Waals surface area contributed by atoms with Gasteiger partial charge in [-0.25, -0.2) is 0 Å². The quantitative estimate of drug-likeness (QED) is 0.289. The van der Waals surface area contributed by atoms with Crippen LogP contribution < -0.4 is 0 Å². The summed E-state index contributed by atoms with van der Waals surface area (Å²) in [6.45, 7) is 2.10. The molecule has 0 atom stereocenters. The van der Waals surface area contributed by atoms with Crippen LogP contribution in [-0.4, -0.2) is 24.7 Å². The van der Waals surface area contributed by atoms with Crippen molar-refractivity contribution in [3.63, 3.8) is 0 Å². The van der Waals surface area contributed by atoms with Crippen LogP contribution in [0.25, 0.3) is 0 Å². The van der Waals surface area contributed by atoms with Crippen molar-refractivity contribution in [2.45, 2.75) is 0 Å². The molecule has 0 unspecified atom stereocenters. The summed E-state index contributed by atoms with van der Waals surface area (Å²) >= 11 is 0. The van der Waals surface area contributed by atoms with Gasteiger partial charge in [-0.3, -0.25) is 0 Å². The van der Waals surface area contributed by atoms with Gasteiger partial charge in [0, 0.05) is 0 Å². The van der Waals surface area contributed by atoms with Crippen LogP contribution in [0.2, 0.25) is 0 Å². The van der Waals surface area contributed by atoms with E-state index in [0.29, 0.717) is 0 Å². The molecule has 5 heavy (non-hydrogen) atoms. The van der Waals surface area contributed by atoms with Crippen LogP contribution in [0.5, 0.6) is 0 Å². The molecule has 1 aliphatic rings. The van der Waals surface area contributed by atoms with Crippen LogP contribution in [0.15, 0.2) is 0 Å². The Morgan fingerprint density at radius 2 is 2.80 bits per heavy atom. The number of hydrogen-bond acceptors (Lipinski definition) is 0. The molecular formula is C3H4BP. The Labute approximate surface area is 33.9 Å². The standard InChI is InChI=1S/C3H4BP/c1-2-5-3-4-1/h1,3H,2H2. The second-order valence-electron chi connectivity index (χ2n) is 0.942. The first kappa shape index (κ1) is 3.30. The van der Waals surface area contributed by atoms with Crippen molar-refractivity contribution in [2.24, 2.45) is 0 Å². The van der Waals surface area contributed by atoms with E-state index in [1.54, 1.807) is 0 Å². The minimum atomic E-state index is 1.24. The topological polar surface area (TPSA) is 0 Å². The Bertz CT molecular complexity index is 65.0. The Morgan fingerprint density at radius 1 is 1.80 bits per heavy atom. The first-order valence-electron chi connectivity index (χ1n) is 1.65. The van der Waals surface area contributed by atoms with Gasteiger partial charge in [-0.2, -0.15) is 0 Å². The summed E-state index contributed by atoms with van der Waals surface area (Å²) in [7, 11) is 1.46. The van der Waals surface area contributed by atoms with Crippen molar-refractivity contribution in [3.05, 3.63) is 0 Å². The summed E-state index contributed by atoms with van der Waals surface area (Å²) in [4.78, 5) is 0. The fraction of sp³-hybridized carbons (Fsp3) is 0.333. The molecule has 0 aromatic heterocycles. The van der Waals surface area contributed by atoms with Crippen LogP contribution in [-0.2, 0) is 0 Å². The molecule has 1 heterocycles. The zero-order valence-corrected chi connectivity index (χ0v) is 3.78. The van der Waals surface area contributed by atoms with Crippen LogP contribution in [0.1, 0.15) is 0 Å². The molecule has 0 aromatic carbocycles. The Morgan fingerprint density at radius 3 is 3.00 bits per heavy atom. The van der Waals surface area contributed by atoms with E-state index in [4.69, 9.17) is 0 Å². The van der Waals surface area contributed by atoms with Gasteiger partial charge in [-0.1, -0.05) is 0 Å². The van der Waals surface area contributed by atoms with Gasteiger partial charge in [-0.15, -0.1) is 0 Å². The van der Waals surface area contributed by atoms with Gasteiger partial charge in [0.15, 0.2) is 0 Å². The second-order valence-corrected chi connectivity index (χ2v) is 1.97. The van der Waals surface area contributed by atoms with Crippen molar-refractivity contribution in [1.29, 1.82) is 0 Å². The Kier molecular flexibility index (Phi) is 1.00. The van der Waals surface area contributed by atoms with Gasteiger partial charge >= 0.3 is 32.9 Å². The Balaban J connectivity index is 2.61. The number of hydrogen-bond donors (Lipinski definition) is 0. The molecular weight excluding hydrogens is 77.8 g/mol. The maximum absolute atomic E-state index is 2.17. The van der Waals surface area contributed by atoms with E-state index in [0.717, 1.165) is 0 Å². The van der Waals surface area contributed by atoms with E-state index in [2.05, 4.69) is 18.6 Å². The first-order chi connectivity index (χ1) is 2.50. The minimum absolute atomic E-state index is 1.24. The predicted octanol–water partition coefficient (Wildman–Crippen LogP) is 0.212. The first-order valence-corrected chi connectivity index (χ1v) is 2.80. The van der Waals surface area contributed by atoms with Gasteiger partial charge in [0.2, 0.25) is 0 Å². The van der Waals surface area contributed by atoms with Gasteiger partial charge < -0.3 is 0 Å². The van der Waals surface area contributed by atoms with E-state index < -0.39 is 0 Å². The molecule has 0 spiro atoms. The molecule has 0 radical (unpaired) electrons. The molecule has 2 heteroatoms. The zero-order valence-electron chi connectivity index (χ0n) is 2.89. The van der Waals surface area contributed by atoms with Crippen LogP contribution in [0.4, 0.5) is 0 Å². The van der Waals surface area contributed by atoms with Gasteiger partial charge in [0.05, 0.1) is 0 Å². The average Bonchev–Trinajstić information content (AvgIpc) is 1.76. The molecule has 0 aromatic rings. The third kappa shape index (κ3) is 0.698. The van der Waals surface area contributed by atoms with Crippen molar-refractivity contribution in [1.82, 2.24) is 0 Å². The molecule has 0 aliphatic carbocycles. The van der Waals surface area contributed by atoms with E-state index >= 15 is 0 Å². The molecule has 0 saturated heterocycles. The molecule has 24 valence electrons. The predicted molar refractivity (Wildman–Crippen MR) is 29.7 cm³/mol. The monoisotopic (exact) mass is 82.0 g/mol. The van der Waals surface area contributed by atoms with Crippen LogP contribution in [0.3, 0.4) is 0 Å². The molecule has 1 aliphatic heterocycles. The molecule has 0 N–H and O–H groups in total. The van der Waals surface area contributed by atoms with E-state index in [1.165, 1.54) is 14.4 Å². The zero-order chi connectivity index (χ0) is 3.54. The fourth-order valence-corrected chi connectivity index (χ4v) is 0.913. The van der Waals surface area contributed by atoms with Crippen molar-refractivity contribution < 1.29 is 0 Å². The normalized spacial score (nSPS) is 19.2. The van der Waals surface area contributed by atoms with E-state index in [9.17, 15) is 0 Å². The van der Waals surface area contributed by atoms with Crippen LogP contribution in [0, 0.1) is 0 Å². The molecule has 0 bridgehead atoms. The maximum atomic E-state index is 2.17. The van der Waals surface area contributed by atoms with Gasteiger partial charge in [0.1, 0.15) is 0 Å². The molecule has 0 nitrogen and oxygen atoms in total. The summed E-state index contributed by atoms with van der Waals surface area (Å²) in [6, 6.07) is 0. The Hall–Kier alpha value is 0.105. The average molecular weight is 81.9 g/mol. The summed E-state index contributed by atoms with van der Waals surface area (Å²) in [5, 5.41) is 0. The molecule has 1 rings (SSSR count). The summed E-state index contributed by atoms with van der Waals surface area (Å²) in [5.74, 6) is 2.17. The third-order valence-electron chi connectivity index (χ3n) is 0.538.